The molecule has 1 atom stereocenters. The van der Waals surface area contributed by atoms with Gasteiger partial charge in [-0.2, -0.15) is 0 Å². The van der Waals surface area contributed by atoms with Crippen molar-refractivity contribution in [1.29, 1.82) is 0 Å². The summed E-state index contributed by atoms with van der Waals surface area (Å²) in [7, 11) is 0. The molecule has 4 nitrogen and oxygen atoms in total. The summed E-state index contributed by atoms with van der Waals surface area (Å²) >= 11 is 0. The average Bonchev–Trinajstić information content (AvgIpc) is 2.39. The summed E-state index contributed by atoms with van der Waals surface area (Å²) in [6.07, 6.45) is 3.64. The number of carbonyl (C=O) groups is 2. The minimum atomic E-state index is -0.313. The van der Waals surface area contributed by atoms with E-state index in [9.17, 15) is 9.59 Å². The van der Waals surface area contributed by atoms with Crippen LogP contribution in [-0.2, 0) is 11.2 Å². The summed E-state index contributed by atoms with van der Waals surface area (Å²) in [4.78, 5) is 24.2. The van der Waals surface area contributed by atoms with E-state index in [2.05, 4.69) is 17.4 Å². The Morgan fingerprint density at radius 3 is 2.84 bits per heavy atom. The van der Waals surface area contributed by atoms with E-state index in [4.69, 9.17) is 0 Å². The summed E-state index contributed by atoms with van der Waals surface area (Å²) in [6, 6.07) is 7.74. The van der Waals surface area contributed by atoms with E-state index in [1.165, 1.54) is 16.0 Å². The van der Waals surface area contributed by atoms with Gasteiger partial charge in [0, 0.05) is 6.04 Å². The first-order valence-electron chi connectivity index (χ1n) is 6.75. The molecule has 0 fully saturated rings. The third kappa shape index (κ3) is 2.95. The Bertz CT molecular complexity index is 471. The number of rotatable bonds is 3. The highest BCUT2D eigenvalue weighted by Crippen LogP contribution is 2.29. The number of nitrogens with zero attached hydrogens (tertiary/aromatic N) is 1. The molecule has 2 rings (SSSR count). The van der Waals surface area contributed by atoms with Crippen LogP contribution < -0.4 is 5.32 Å². The van der Waals surface area contributed by atoms with Crippen LogP contribution in [0.3, 0.4) is 0 Å². The maximum atomic E-state index is 12.1. The predicted molar refractivity (Wildman–Crippen MR) is 73.7 cm³/mol. The molecule has 0 spiro atoms. The third-order valence-electron chi connectivity index (χ3n) is 3.57. The highest BCUT2D eigenvalue weighted by molar-refractivity contribution is 5.85. The van der Waals surface area contributed by atoms with Gasteiger partial charge < -0.3 is 5.32 Å². The van der Waals surface area contributed by atoms with Crippen LogP contribution in [0.25, 0.3) is 0 Å². The van der Waals surface area contributed by atoms with Crippen LogP contribution in [-0.4, -0.2) is 23.4 Å². The molecule has 1 aromatic carbocycles. The number of hydrogen-bond donors (Lipinski definition) is 1. The second-order valence-electron chi connectivity index (χ2n) is 5.20. The summed E-state index contributed by atoms with van der Waals surface area (Å²) in [6.45, 7) is 3.64. The van der Waals surface area contributed by atoms with Crippen molar-refractivity contribution in [2.24, 2.45) is 0 Å². The Morgan fingerprint density at radius 2 is 2.16 bits per heavy atom. The van der Waals surface area contributed by atoms with Crippen molar-refractivity contribution in [3.05, 3.63) is 35.4 Å². The number of amides is 3. The molecule has 19 heavy (non-hydrogen) atoms. The zero-order valence-electron chi connectivity index (χ0n) is 11.4. The van der Waals surface area contributed by atoms with Crippen LogP contribution in [0.15, 0.2) is 24.3 Å². The van der Waals surface area contributed by atoms with E-state index in [1.807, 2.05) is 26.0 Å². The smallest absolute Gasteiger partial charge is 0.324 e. The minimum absolute atomic E-state index is 0.0126. The lowest BCUT2D eigenvalue weighted by atomic mass is 9.88. The molecular weight excluding hydrogens is 240 g/mol. The first-order chi connectivity index (χ1) is 9.13. The van der Waals surface area contributed by atoms with Gasteiger partial charge in [-0.1, -0.05) is 24.3 Å². The SMILES string of the molecule is CC(C)N(C=O)C(=O)NC1CCCc2ccccc21. The summed E-state index contributed by atoms with van der Waals surface area (Å²) in [5, 5.41) is 2.96. The number of urea groups is 1. The fourth-order valence-electron chi connectivity index (χ4n) is 2.53. The Morgan fingerprint density at radius 1 is 1.42 bits per heavy atom. The molecule has 1 aromatic rings. The lowest BCUT2D eigenvalue weighted by Gasteiger charge is -2.29. The van der Waals surface area contributed by atoms with Gasteiger partial charge in [-0.15, -0.1) is 0 Å². The van der Waals surface area contributed by atoms with E-state index in [0.29, 0.717) is 6.41 Å². The van der Waals surface area contributed by atoms with E-state index in [1.54, 1.807) is 0 Å². The van der Waals surface area contributed by atoms with E-state index < -0.39 is 0 Å². The van der Waals surface area contributed by atoms with Crippen molar-refractivity contribution in [2.45, 2.75) is 45.2 Å². The number of aryl methyl sites for hydroxylation is 1. The van der Waals surface area contributed by atoms with Gasteiger partial charge in [0.2, 0.25) is 6.41 Å². The van der Waals surface area contributed by atoms with Crippen LogP contribution in [0.2, 0.25) is 0 Å². The Kier molecular flexibility index (Phi) is 4.20. The van der Waals surface area contributed by atoms with Crippen LogP contribution in [0.5, 0.6) is 0 Å². The maximum absolute atomic E-state index is 12.1. The van der Waals surface area contributed by atoms with Crippen molar-refractivity contribution in [3.63, 3.8) is 0 Å². The number of hydrogen-bond acceptors (Lipinski definition) is 2. The fourth-order valence-corrected chi connectivity index (χ4v) is 2.53. The normalized spacial score (nSPS) is 17.7. The standard InChI is InChI=1S/C15H20N2O2/c1-11(2)17(10-18)15(19)16-14-9-5-7-12-6-3-4-8-13(12)14/h3-4,6,8,10-11,14H,5,7,9H2,1-2H3,(H,16,19). The highest BCUT2D eigenvalue weighted by Gasteiger charge is 2.24. The van der Waals surface area contributed by atoms with Gasteiger partial charge in [0.25, 0.3) is 0 Å². The zero-order valence-corrected chi connectivity index (χ0v) is 11.4. The summed E-state index contributed by atoms with van der Waals surface area (Å²) in [5.74, 6) is 0. The van der Waals surface area contributed by atoms with Crippen molar-refractivity contribution >= 4 is 12.4 Å². The van der Waals surface area contributed by atoms with Gasteiger partial charge >= 0.3 is 6.03 Å². The Labute approximate surface area is 113 Å². The summed E-state index contributed by atoms with van der Waals surface area (Å²) < 4.78 is 0. The molecule has 0 bridgehead atoms. The van der Waals surface area contributed by atoms with Crippen LogP contribution in [0, 0.1) is 0 Å². The maximum Gasteiger partial charge on any atom is 0.324 e. The fraction of sp³-hybridized carbons (Fsp3) is 0.467. The topological polar surface area (TPSA) is 49.4 Å². The van der Waals surface area contributed by atoms with E-state index >= 15 is 0 Å². The van der Waals surface area contributed by atoms with Crippen molar-refractivity contribution < 1.29 is 9.59 Å². The summed E-state index contributed by atoms with van der Waals surface area (Å²) in [5.41, 5.74) is 2.47. The molecule has 4 heteroatoms. The van der Waals surface area contributed by atoms with Gasteiger partial charge in [-0.3, -0.25) is 9.69 Å². The number of carbonyl (C=O) groups excluding carboxylic acids is 2. The zero-order chi connectivity index (χ0) is 13.8. The number of benzene rings is 1. The molecule has 0 saturated heterocycles. The molecular formula is C15H20N2O2. The molecule has 1 aliphatic rings. The van der Waals surface area contributed by atoms with Gasteiger partial charge in [-0.05, 0) is 44.2 Å². The van der Waals surface area contributed by atoms with Gasteiger partial charge in [0.15, 0.2) is 0 Å². The minimum Gasteiger partial charge on any atom is -0.331 e. The molecule has 1 aliphatic carbocycles. The molecule has 0 aromatic heterocycles. The molecule has 0 heterocycles. The lowest BCUT2D eigenvalue weighted by molar-refractivity contribution is -0.116. The number of imide groups is 1. The molecule has 0 aliphatic heterocycles. The highest BCUT2D eigenvalue weighted by atomic mass is 16.2. The molecule has 1 N–H and O–H groups in total. The van der Waals surface area contributed by atoms with Crippen LogP contribution >= 0.6 is 0 Å². The second-order valence-corrected chi connectivity index (χ2v) is 5.20. The monoisotopic (exact) mass is 260 g/mol. The van der Waals surface area contributed by atoms with Crippen LogP contribution in [0.1, 0.15) is 43.9 Å². The Hall–Kier alpha value is -1.84. The Balaban J connectivity index is 2.12. The molecule has 102 valence electrons. The molecule has 1 unspecified atom stereocenters. The predicted octanol–water partition coefficient (Wildman–Crippen LogP) is 2.64. The van der Waals surface area contributed by atoms with Crippen LogP contribution in [0.4, 0.5) is 4.79 Å². The van der Waals surface area contributed by atoms with E-state index in [0.717, 1.165) is 19.3 Å². The van der Waals surface area contributed by atoms with Gasteiger partial charge in [-0.25, -0.2) is 4.79 Å². The largest absolute Gasteiger partial charge is 0.331 e. The molecule has 3 amide bonds. The van der Waals surface area contributed by atoms with E-state index in [-0.39, 0.29) is 18.1 Å². The average molecular weight is 260 g/mol. The third-order valence-corrected chi connectivity index (χ3v) is 3.57. The first kappa shape index (κ1) is 13.6. The molecule has 0 saturated carbocycles. The van der Waals surface area contributed by atoms with Crippen molar-refractivity contribution in [1.82, 2.24) is 10.2 Å². The lowest BCUT2D eigenvalue weighted by Crippen LogP contribution is -2.44. The number of nitrogens with one attached hydrogen (secondary N) is 1. The van der Waals surface area contributed by atoms with Gasteiger partial charge in [0.1, 0.15) is 0 Å². The second kappa shape index (κ2) is 5.87. The number of fused-ring (bicyclic) bond motifs is 1. The quantitative estimate of drug-likeness (QED) is 0.849. The van der Waals surface area contributed by atoms with Crippen molar-refractivity contribution in [3.8, 4) is 0 Å². The first-order valence-corrected chi connectivity index (χ1v) is 6.75. The molecule has 0 radical (unpaired) electrons. The van der Waals surface area contributed by atoms with Crippen molar-refractivity contribution in [2.75, 3.05) is 0 Å². The van der Waals surface area contributed by atoms with Gasteiger partial charge in [0.05, 0.1) is 6.04 Å².